The highest BCUT2D eigenvalue weighted by molar-refractivity contribution is 7.80. The van der Waals surface area contributed by atoms with Gasteiger partial charge in [0.1, 0.15) is 5.82 Å². The Morgan fingerprint density at radius 1 is 1.50 bits per heavy atom. The van der Waals surface area contributed by atoms with E-state index in [1.807, 2.05) is 0 Å². The van der Waals surface area contributed by atoms with Crippen LogP contribution in [0.15, 0.2) is 18.2 Å². The first kappa shape index (κ1) is 13.2. The first-order valence-corrected chi connectivity index (χ1v) is 5.53. The predicted octanol–water partition coefficient (Wildman–Crippen LogP) is 2.15. The Balaban J connectivity index is 2.46. The minimum absolute atomic E-state index is 0.0446. The summed E-state index contributed by atoms with van der Waals surface area (Å²) in [6, 6.07) is 4.26. The predicted molar refractivity (Wildman–Crippen MR) is 67.3 cm³/mol. The van der Waals surface area contributed by atoms with Crippen molar-refractivity contribution < 1.29 is 9.50 Å². The van der Waals surface area contributed by atoms with Crippen LogP contribution in [0.1, 0.15) is 6.42 Å². The number of nitrogens with one attached hydrogen (secondary N) is 2. The Bertz CT molecular complexity index is 376. The topological polar surface area (TPSA) is 44.3 Å². The largest absolute Gasteiger partial charge is 0.396 e. The minimum Gasteiger partial charge on any atom is -0.396 e. The van der Waals surface area contributed by atoms with Crippen molar-refractivity contribution in [1.82, 2.24) is 5.32 Å². The van der Waals surface area contributed by atoms with E-state index in [0.717, 1.165) is 0 Å². The molecule has 0 aromatic heterocycles. The van der Waals surface area contributed by atoms with E-state index in [2.05, 4.69) is 10.6 Å². The summed E-state index contributed by atoms with van der Waals surface area (Å²) in [4.78, 5) is 0. The quantitative estimate of drug-likeness (QED) is 0.575. The highest BCUT2D eigenvalue weighted by Gasteiger charge is 2.02. The molecule has 0 aliphatic carbocycles. The van der Waals surface area contributed by atoms with E-state index in [-0.39, 0.29) is 11.6 Å². The molecule has 0 aliphatic heterocycles. The van der Waals surface area contributed by atoms with Crippen molar-refractivity contribution in [2.45, 2.75) is 6.42 Å². The summed E-state index contributed by atoms with van der Waals surface area (Å²) < 4.78 is 12.8. The van der Waals surface area contributed by atoms with Crippen molar-refractivity contribution in [2.24, 2.45) is 0 Å². The maximum absolute atomic E-state index is 12.8. The van der Waals surface area contributed by atoms with Gasteiger partial charge in [-0.05, 0) is 36.8 Å². The Hall–Kier alpha value is -0.910. The average molecular weight is 263 g/mol. The number of thiocarbonyl (C=S) groups is 1. The number of hydrogen-bond acceptors (Lipinski definition) is 2. The smallest absolute Gasteiger partial charge is 0.170 e. The van der Waals surface area contributed by atoms with Gasteiger partial charge in [-0.15, -0.1) is 0 Å². The highest BCUT2D eigenvalue weighted by Crippen LogP contribution is 2.19. The van der Waals surface area contributed by atoms with Crippen molar-refractivity contribution in [2.75, 3.05) is 18.5 Å². The second-order valence-corrected chi connectivity index (χ2v) is 3.90. The van der Waals surface area contributed by atoms with Gasteiger partial charge in [0.05, 0.1) is 5.02 Å². The molecule has 1 aromatic rings. The number of benzene rings is 1. The lowest BCUT2D eigenvalue weighted by molar-refractivity contribution is 0.289. The van der Waals surface area contributed by atoms with Gasteiger partial charge >= 0.3 is 0 Å². The molecule has 1 rings (SSSR count). The summed E-state index contributed by atoms with van der Waals surface area (Å²) in [5.74, 6) is -0.466. The zero-order chi connectivity index (χ0) is 12.0. The van der Waals surface area contributed by atoms with Gasteiger partial charge in [0, 0.05) is 18.8 Å². The lowest BCUT2D eigenvalue weighted by atomic mass is 10.3. The maximum Gasteiger partial charge on any atom is 0.170 e. The van der Waals surface area contributed by atoms with Crippen LogP contribution in [-0.2, 0) is 0 Å². The van der Waals surface area contributed by atoms with Crippen LogP contribution in [0, 0.1) is 5.82 Å². The molecule has 0 saturated heterocycles. The van der Waals surface area contributed by atoms with Crippen LogP contribution in [0.5, 0.6) is 0 Å². The molecule has 0 spiro atoms. The van der Waals surface area contributed by atoms with Crippen LogP contribution in [0.25, 0.3) is 0 Å². The molecule has 16 heavy (non-hydrogen) atoms. The van der Waals surface area contributed by atoms with Crippen LogP contribution in [-0.4, -0.2) is 23.4 Å². The maximum atomic E-state index is 12.8. The molecule has 0 radical (unpaired) electrons. The third-order valence-corrected chi connectivity index (χ3v) is 2.33. The number of aliphatic hydroxyl groups is 1. The molecule has 0 saturated carbocycles. The normalized spacial score (nSPS) is 9.94. The zero-order valence-corrected chi connectivity index (χ0v) is 10.0. The fourth-order valence-electron chi connectivity index (χ4n) is 1.03. The molecule has 0 fully saturated rings. The third kappa shape index (κ3) is 4.30. The second kappa shape index (κ2) is 6.62. The molecule has 0 heterocycles. The van der Waals surface area contributed by atoms with E-state index in [4.69, 9.17) is 28.9 Å². The van der Waals surface area contributed by atoms with Gasteiger partial charge in [-0.3, -0.25) is 0 Å². The van der Waals surface area contributed by atoms with Gasteiger partial charge < -0.3 is 15.7 Å². The van der Waals surface area contributed by atoms with Gasteiger partial charge in [-0.25, -0.2) is 4.39 Å². The van der Waals surface area contributed by atoms with Crippen molar-refractivity contribution in [1.29, 1.82) is 0 Å². The summed E-state index contributed by atoms with van der Waals surface area (Å²) in [5.41, 5.74) is 0.618. The number of halogens is 2. The van der Waals surface area contributed by atoms with E-state index >= 15 is 0 Å². The number of hydrogen-bond donors (Lipinski definition) is 3. The van der Waals surface area contributed by atoms with Gasteiger partial charge in [-0.2, -0.15) is 0 Å². The Labute approximate surface area is 104 Å². The molecule has 6 heteroatoms. The summed E-state index contributed by atoms with van der Waals surface area (Å²) in [6.07, 6.45) is 0.617. The lowest BCUT2D eigenvalue weighted by Gasteiger charge is -2.10. The summed E-state index contributed by atoms with van der Waals surface area (Å²) in [5, 5.41) is 14.8. The molecule has 1 aromatic carbocycles. The Morgan fingerprint density at radius 2 is 2.25 bits per heavy atom. The van der Waals surface area contributed by atoms with E-state index < -0.39 is 5.82 Å². The molecule has 0 amide bonds. The minimum atomic E-state index is -0.466. The van der Waals surface area contributed by atoms with Crippen LogP contribution in [0.2, 0.25) is 5.02 Å². The first-order valence-electron chi connectivity index (χ1n) is 4.74. The van der Waals surface area contributed by atoms with Gasteiger partial charge in [0.2, 0.25) is 0 Å². The second-order valence-electron chi connectivity index (χ2n) is 3.09. The van der Waals surface area contributed by atoms with Crippen LogP contribution < -0.4 is 10.6 Å². The molecule has 3 N–H and O–H groups in total. The SMILES string of the molecule is OCCCNC(=S)Nc1ccc(F)c(Cl)c1. The molecule has 0 unspecified atom stereocenters. The van der Waals surface area contributed by atoms with E-state index in [0.29, 0.717) is 23.8 Å². The van der Waals surface area contributed by atoms with Crippen molar-refractivity contribution in [3.63, 3.8) is 0 Å². The van der Waals surface area contributed by atoms with Gasteiger partial charge in [0.15, 0.2) is 5.11 Å². The van der Waals surface area contributed by atoms with Crippen LogP contribution in [0.3, 0.4) is 0 Å². The lowest BCUT2D eigenvalue weighted by Crippen LogP contribution is -2.29. The fraction of sp³-hybridized carbons (Fsp3) is 0.300. The summed E-state index contributed by atoms with van der Waals surface area (Å²) in [6.45, 7) is 0.690. The molecular formula is C10H12ClFN2OS. The van der Waals surface area contributed by atoms with E-state index in [1.54, 1.807) is 6.07 Å². The van der Waals surface area contributed by atoms with E-state index in [9.17, 15) is 4.39 Å². The average Bonchev–Trinajstić information content (AvgIpc) is 2.24. The third-order valence-electron chi connectivity index (χ3n) is 1.80. The van der Waals surface area contributed by atoms with Crippen molar-refractivity contribution >= 4 is 34.6 Å². The number of aliphatic hydroxyl groups excluding tert-OH is 1. The monoisotopic (exact) mass is 262 g/mol. The molecular weight excluding hydrogens is 251 g/mol. The fourth-order valence-corrected chi connectivity index (χ4v) is 1.43. The van der Waals surface area contributed by atoms with Crippen molar-refractivity contribution in [3.05, 3.63) is 29.0 Å². The molecule has 88 valence electrons. The first-order chi connectivity index (χ1) is 7.63. The van der Waals surface area contributed by atoms with Gasteiger partial charge in [-0.1, -0.05) is 11.6 Å². The van der Waals surface area contributed by atoms with Crippen LogP contribution >= 0.6 is 23.8 Å². The molecule has 0 atom stereocenters. The number of rotatable bonds is 4. The summed E-state index contributed by atoms with van der Waals surface area (Å²) >= 11 is 10.6. The van der Waals surface area contributed by atoms with Gasteiger partial charge in [0.25, 0.3) is 0 Å². The van der Waals surface area contributed by atoms with Crippen LogP contribution in [0.4, 0.5) is 10.1 Å². The van der Waals surface area contributed by atoms with E-state index in [1.165, 1.54) is 12.1 Å². The summed E-state index contributed by atoms with van der Waals surface area (Å²) in [7, 11) is 0. The molecule has 3 nitrogen and oxygen atoms in total. The zero-order valence-electron chi connectivity index (χ0n) is 8.46. The highest BCUT2D eigenvalue weighted by atomic mass is 35.5. The molecule has 0 aliphatic rings. The standard InChI is InChI=1S/C10H12ClFN2OS/c11-8-6-7(2-3-9(8)12)14-10(16)13-4-1-5-15/h2-3,6,15H,1,4-5H2,(H2,13,14,16). The Kier molecular flexibility index (Phi) is 5.45. The van der Waals surface area contributed by atoms with Crippen molar-refractivity contribution in [3.8, 4) is 0 Å². The number of anilines is 1. The molecule has 0 bridgehead atoms. The Morgan fingerprint density at radius 3 is 2.88 bits per heavy atom.